The second-order valence-electron chi connectivity index (χ2n) is 3.76. The van der Waals surface area contributed by atoms with Crippen LogP contribution in [0.2, 0.25) is 0 Å². The molecule has 1 heterocycles. The van der Waals surface area contributed by atoms with Crippen molar-refractivity contribution in [1.29, 1.82) is 0 Å². The molecule has 2 rings (SSSR count). The van der Waals surface area contributed by atoms with Crippen LogP contribution in [0.25, 0.3) is 0 Å². The van der Waals surface area contributed by atoms with Gasteiger partial charge in [0.1, 0.15) is 5.75 Å². The van der Waals surface area contributed by atoms with Crippen molar-refractivity contribution in [2.75, 3.05) is 0 Å². The number of rotatable bonds is 4. The van der Waals surface area contributed by atoms with Crippen LogP contribution >= 0.6 is 0 Å². The van der Waals surface area contributed by atoms with Crippen molar-refractivity contribution in [3.8, 4) is 5.75 Å². The number of carbonyl (C=O) groups is 1. The summed E-state index contributed by atoms with van der Waals surface area (Å²) in [4.78, 5) is 10.6. The summed E-state index contributed by atoms with van der Waals surface area (Å²) in [6, 6.07) is 5.52. The van der Waals surface area contributed by atoms with Crippen molar-refractivity contribution in [1.82, 2.24) is 15.0 Å². The summed E-state index contributed by atoms with van der Waals surface area (Å²) >= 11 is 0. The van der Waals surface area contributed by atoms with E-state index in [0.29, 0.717) is 0 Å². The molecule has 0 aliphatic rings. The maximum Gasteiger partial charge on any atom is 0.573 e. The Morgan fingerprint density at radius 3 is 2.65 bits per heavy atom. The minimum absolute atomic E-state index is 0.0907. The smallest absolute Gasteiger partial charge is 0.476 e. The van der Waals surface area contributed by atoms with Crippen molar-refractivity contribution >= 4 is 5.97 Å². The van der Waals surface area contributed by atoms with Gasteiger partial charge in [0.15, 0.2) is 5.69 Å². The van der Waals surface area contributed by atoms with E-state index in [2.05, 4.69) is 15.0 Å². The minimum Gasteiger partial charge on any atom is -0.476 e. The molecule has 0 aliphatic heterocycles. The molecule has 1 aromatic heterocycles. The number of hydrogen-bond donors (Lipinski definition) is 1. The molecule has 0 saturated heterocycles. The molecule has 0 unspecified atom stereocenters. The fraction of sp³-hybridized carbons (Fsp3) is 0.182. The number of benzene rings is 1. The molecule has 0 fully saturated rings. The number of ether oxygens (including phenoxy) is 1. The third-order valence-electron chi connectivity index (χ3n) is 2.29. The Morgan fingerprint density at radius 2 is 2.05 bits per heavy atom. The average molecular weight is 287 g/mol. The number of halogens is 3. The fourth-order valence-electron chi connectivity index (χ4n) is 1.51. The number of hydrogen-bond acceptors (Lipinski definition) is 4. The molecule has 2 aromatic rings. The van der Waals surface area contributed by atoms with E-state index in [1.807, 2.05) is 0 Å². The topological polar surface area (TPSA) is 77.2 Å². The van der Waals surface area contributed by atoms with E-state index in [4.69, 9.17) is 5.11 Å². The first-order chi connectivity index (χ1) is 9.35. The highest BCUT2D eigenvalue weighted by atomic mass is 19.4. The quantitative estimate of drug-likeness (QED) is 0.929. The van der Waals surface area contributed by atoms with Crippen LogP contribution in [0.5, 0.6) is 5.75 Å². The lowest BCUT2D eigenvalue weighted by molar-refractivity contribution is -0.274. The predicted octanol–water partition coefficient (Wildman–Crippen LogP) is 1.92. The van der Waals surface area contributed by atoms with Gasteiger partial charge in [0.25, 0.3) is 0 Å². The van der Waals surface area contributed by atoms with Gasteiger partial charge in [-0.15, -0.1) is 18.3 Å². The van der Waals surface area contributed by atoms with E-state index in [1.54, 1.807) is 0 Å². The van der Waals surface area contributed by atoms with Gasteiger partial charge in [-0.1, -0.05) is 23.4 Å². The van der Waals surface area contributed by atoms with Crippen molar-refractivity contribution in [2.45, 2.75) is 12.9 Å². The molecular weight excluding hydrogens is 279 g/mol. The zero-order valence-corrected chi connectivity index (χ0v) is 9.83. The molecule has 9 heteroatoms. The van der Waals surface area contributed by atoms with Crippen molar-refractivity contribution < 1.29 is 27.8 Å². The van der Waals surface area contributed by atoms with Crippen molar-refractivity contribution in [2.24, 2.45) is 0 Å². The molecule has 0 spiro atoms. The molecule has 1 aromatic carbocycles. The summed E-state index contributed by atoms with van der Waals surface area (Å²) < 4.78 is 41.7. The maximum atomic E-state index is 12.2. The maximum absolute atomic E-state index is 12.2. The van der Waals surface area contributed by atoms with Gasteiger partial charge in [-0.3, -0.25) is 0 Å². The zero-order chi connectivity index (χ0) is 14.8. The summed E-state index contributed by atoms with van der Waals surface area (Å²) in [6.07, 6.45) is -3.68. The largest absolute Gasteiger partial charge is 0.573 e. The van der Waals surface area contributed by atoms with Gasteiger partial charge < -0.3 is 9.84 Å². The van der Waals surface area contributed by atoms with Crippen LogP contribution in [0, 0.1) is 0 Å². The van der Waals surface area contributed by atoms with Gasteiger partial charge in [0.2, 0.25) is 0 Å². The molecule has 0 atom stereocenters. The van der Waals surface area contributed by atoms with E-state index < -0.39 is 12.3 Å². The SMILES string of the molecule is O=C(O)c1cn(Cc2ccccc2OC(F)(F)F)nn1. The molecule has 0 amide bonds. The summed E-state index contributed by atoms with van der Waals surface area (Å²) in [5.41, 5.74) is -0.0918. The van der Waals surface area contributed by atoms with Crippen LogP contribution in [0.15, 0.2) is 30.5 Å². The normalized spacial score (nSPS) is 11.3. The van der Waals surface area contributed by atoms with Crippen LogP contribution in [0.1, 0.15) is 16.1 Å². The molecule has 106 valence electrons. The lowest BCUT2D eigenvalue weighted by atomic mass is 10.2. The molecule has 0 bridgehead atoms. The number of aromatic carboxylic acids is 1. The van der Waals surface area contributed by atoms with E-state index in [1.165, 1.54) is 18.2 Å². The molecule has 20 heavy (non-hydrogen) atoms. The monoisotopic (exact) mass is 287 g/mol. The van der Waals surface area contributed by atoms with Gasteiger partial charge in [-0.2, -0.15) is 0 Å². The molecule has 6 nitrogen and oxygen atoms in total. The van der Waals surface area contributed by atoms with Gasteiger partial charge in [0.05, 0.1) is 12.7 Å². The van der Waals surface area contributed by atoms with Crippen molar-refractivity contribution in [3.63, 3.8) is 0 Å². The van der Waals surface area contributed by atoms with Crippen molar-refractivity contribution in [3.05, 3.63) is 41.7 Å². The second-order valence-corrected chi connectivity index (χ2v) is 3.76. The van der Waals surface area contributed by atoms with E-state index >= 15 is 0 Å². The van der Waals surface area contributed by atoms with Crippen LogP contribution in [-0.2, 0) is 6.54 Å². The first-order valence-corrected chi connectivity index (χ1v) is 5.32. The van der Waals surface area contributed by atoms with E-state index in [9.17, 15) is 18.0 Å². The second kappa shape index (κ2) is 5.19. The number of carboxylic acids is 1. The fourth-order valence-corrected chi connectivity index (χ4v) is 1.51. The predicted molar refractivity (Wildman–Crippen MR) is 59.2 cm³/mol. The summed E-state index contributed by atoms with van der Waals surface area (Å²) in [5.74, 6) is -1.64. The minimum atomic E-state index is -4.80. The van der Waals surface area contributed by atoms with Crippen LogP contribution in [0.3, 0.4) is 0 Å². The average Bonchev–Trinajstić information content (AvgIpc) is 2.78. The molecular formula is C11H8F3N3O3. The molecule has 0 saturated carbocycles. The Bertz CT molecular complexity index is 625. The van der Waals surface area contributed by atoms with Crippen LogP contribution in [0.4, 0.5) is 13.2 Å². The molecule has 0 aliphatic carbocycles. The Balaban J connectivity index is 2.22. The summed E-state index contributed by atoms with van der Waals surface area (Å²) in [5, 5.41) is 15.6. The number of nitrogens with zero attached hydrogens (tertiary/aromatic N) is 3. The van der Waals surface area contributed by atoms with Gasteiger partial charge >= 0.3 is 12.3 Å². The third kappa shape index (κ3) is 3.46. The van der Waals surface area contributed by atoms with E-state index in [0.717, 1.165) is 16.9 Å². The van der Waals surface area contributed by atoms with Gasteiger partial charge in [0, 0.05) is 5.56 Å². The number of aromatic nitrogens is 3. The number of alkyl halides is 3. The highest BCUT2D eigenvalue weighted by Crippen LogP contribution is 2.26. The highest BCUT2D eigenvalue weighted by Gasteiger charge is 2.32. The summed E-state index contributed by atoms with van der Waals surface area (Å²) in [7, 11) is 0. The summed E-state index contributed by atoms with van der Waals surface area (Å²) in [6.45, 7) is -0.0907. The number of carboxylic acid groups (broad SMARTS) is 1. The Hall–Kier alpha value is -2.58. The highest BCUT2D eigenvalue weighted by molar-refractivity contribution is 5.84. The van der Waals surface area contributed by atoms with Gasteiger partial charge in [-0.05, 0) is 6.07 Å². The molecule has 0 radical (unpaired) electrons. The van der Waals surface area contributed by atoms with E-state index in [-0.39, 0.29) is 23.6 Å². The first-order valence-electron chi connectivity index (χ1n) is 5.32. The van der Waals surface area contributed by atoms with Crippen LogP contribution < -0.4 is 4.74 Å². The first kappa shape index (κ1) is 13.8. The van der Waals surface area contributed by atoms with Crippen LogP contribution in [-0.4, -0.2) is 32.4 Å². The van der Waals surface area contributed by atoms with Gasteiger partial charge in [-0.25, -0.2) is 9.48 Å². The lowest BCUT2D eigenvalue weighted by Crippen LogP contribution is -2.18. The third-order valence-corrected chi connectivity index (χ3v) is 2.29. The number of para-hydroxylation sites is 1. The zero-order valence-electron chi connectivity index (χ0n) is 9.83. The Labute approximate surface area is 110 Å². The molecule has 1 N–H and O–H groups in total. The lowest BCUT2D eigenvalue weighted by Gasteiger charge is -2.12. The Kier molecular flexibility index (Phi) is 3.59. The Morgan fingerprint density at radius 1 is 1.35 bits per heavy atom. The standard InChI is InChI=1S/C11H8F3N3O3/c12-11(13,14)20-9-4-2-1-3-7(9)5-17-6-8(10(18)19)15-16-17/h1-4,6H,5H2,(H,18,19).